The molecule has 45 heavy (non-hydrogen) atoms. The van der Waals surface area contributed by atoms with Gasteiger partial charge in [-0.05, 0) is 60.4 Å². The summed E-state index contributed by atoms with van der Waals surface area (Å²) in [4.78, 5) is 36.0. The van der Waals surface area contributed by atoms with Gasteiger partial charge in [0, 0.05) is 89.1 Å². The molecule has 3 N–H and O–H groups in total. The van der Waals surface area contributed by atoms with E-state index in [9.17, 15) is 29.7 Å². The van der Waals surface area contributed by atoms with Crippen molar-refractivity contribution in [1.82, 2.24) is 0 Å². The van der Waals surface area contributed by atoms with Crippen LogP contribution in [0.2, 0.25) is 0 Å². The minimum absolute atomic E-state index is 0. The Balaban J connectivity index is 0.00000276. The van der Waals surface area contributed by atoms with E-state index in [2.05, 4.69) is 0 Å². The van der Waals surface area contributed by atoms with E-state index in [-0.39, 0.29) is 112 Å². The second kappa shape index (κ2) is 16.3. The van der Waals surface area contributed by atoms with Gasteiger partial charge in [0.15, 0.2) is 0 Å². The van der Waals surface area contributed by atoms with Crippen molar-refractivity contribution in [2.24, 2.45) is 0 Å². The predicted molar refractivity (Wildman–Crippen MR) is 173 cm³/mol. The number of hydrogen-bond donors (Lipinski definition) is 3. The number of phenols is 1. The number of hydrogen-bond acceptors (Lipinski definition) is 7. The molecule has 11 heteroatoms. The first-order valence-electron chi connectivity index (χ1n) is 13.9. The number of aromatic hydroxyl groups is 1. The number of aromatic carboxylic acids is 1. The number of carboxylic acids is 2. The van der Waals surface area contributed by atoms with Gasteiger partial charge in [0.25, 0.3) is 0 Å². The summed E-state index contributed by atoms with van der Waals surface area (Å²) in [7, 11) is 0. The fourth-order valence-corrected chi connectivity index (χ4v) is 4.99. The van der Waals surface area contributed by atoms with Crippen LogP contribution in [0.4, 0.5) is 0 Å². The van der Waals surface area contributed by atoms with Gasteiger partial charge in [-0.25, -0.2) is 4.79 Å². The quantitative estimate of drug-likeness (QED) is 0.0903. The molecule has 4 aromatic carbocycles. The normalized spacial score (nSPS) is 10.6. The Morgan fingerprint density at radius 1 is 0.844 bits per heavy atom. The van der Waals surface area contributed by atoms with Gasteiger partial charge in [0.2, 0.25) is 5.43 Å². The van der Waals surface area contributed by atoms with Crippen molar-refractivity contribution in [2.75, 3.05) is 13.2 Å². The zero-order chi connectivity index (χ0) is 30.5. The smallest absolute Gasteiger partial charge is 0.335 e. The number of aliphatic carboxylic acids is 1. The molecule has 0 aliphatic carbocycles. The third-order valence-corrected chi connectivity index (χ3v) is 7.18. The number of fused-ring (bicyclic) bond motifs is 2. The first-order valence-corrected chi connectivity index (χ1v) is 13.9. The van der Waals surface area contributed by atoms with E-state index in [0.717, 1.165) is 16.7 Å². The van der Waals surface area contributed by atoms with Crippen molar-refractivity contribution in [2.45, 2.75) is 32.6 Å². The Morgan fingerprint density at radius 2 is 1.56 bits per heavy atom. The minimum Gasteiger partial charge on any atom is -0.507 e. The molecule has 1 aromatic heterocycles. The zero-order valence-corrected chi connectivity index (χ0v) is 29.5. The first-order chi connectivity index (χ1) is 20.8. The van der Waals surface area contributed by atoms with Crippen molar-refractivity contribution in [3.63, 3.8) is 0 Å². The average Bonchev–Trinajstić information content (AvgIpc) is 3.00. The predicted octanol–water partition coefficient (Wildman–Crippen LogP) is 5.68. The molecule has 0 saturated carbocycles. The molecule has 9 nitrogen and oxygen atoms in total. The van der Waals surface area contributed by atoms with Gasteiger partial charge in [-0.15, -0.1) is 0 Å². The molecular weight excluding hydrogens is 598 g/mol. The third kappa shape index (κ3) is 8.30. The number of carboxylic acid groups (broad SMARTS) is 2. The Kier molecular flexibility index (Phi) is 13.1. The van der Waals surface area contributed by atoms with Crippen LogP contribution in [0.15, 0.2) is 82.0 Å². The molecule has 222 valence electrons. The molecule has 5 aromatic rings. The van der Waals surface area contributed by atoms with E-state index >= 15 is 0 Å². The maximum absolute atomic E-state index is 13.2. The van der Waals surface area contributed by atoms with Crippen LogP contribution >= 0.6 is 0 Å². The topological polar surface area (TPSA) is 144 Å². The van der Waals surface area contributed by atoms with Crippen molar-refractivity contribution >= 4 is 93.0 Å². The van der Waals surface area contributed by atoms with Crippen LogP contribution in [0.3, 0.4) is 0 Å². The van der Waals surface area contributed by atoms with Crippen LogP contribution in [-0.4, -0.2) is 99.6 Å². The second-order valence-electron chi connectivity index (χ2n) is 10.0. The summed E-state index contributed by atoms with van der Waals surface area (Å²) in [6, 6.07) is 20.3. The summed E-state index contributed by atoms with van der Waals surface area (Å²) in [5.74, 6) is -1.08. The fourth-order valence-electron chi connectivity index (χ4n) is 4.99. The Hall–Kier alpha value is -3.31. The second-order valence-corrected chi connectivity index (χ2v) is 10.0. The third-order valence-electron chi connectivity index (χ3n) is 7.18. The maximum atomic E-state index is 13.2. The summed E-state index contributed by atoms with van der Waals surface area (Å²) in [5.41, 5.74) is 3.00. The van der Waals surface area contributed by atoms with Gasteiger partial charge in [-0.1, -0.05) is 37.3 Å². The van der Waals surface area contributed by atoms with E-state index in [4.69, 9.17) is 13.9 Å². The van der Waals surface area contributed by atoms with Gasteiger partial charge in [-0.3, -0.25) is 9.59 Å². The number of aryl methyl sites for hydroxylation is 2. The van der Waals surface area contributed by atoms with Crippen molar-refractivity contribution in [3.8, 4) is 28.4 Å². The summed E-state index contributed by atoms with van der Waals surface area (Å²) >= 11 is 0. The molecule has 0 saturated heterocycles. The molecule has 1 heterocycles. The molecule has 0 unspecified atom stereocenters. The number of rotatable bonds is 12. The Bertz CT molecular complexity index is 1890. The Morgan fingerprint density at radius 3 is 2.22 bits per heavy atom. The summed E-state index contributed by atoms with van der Waals surface area (Å²) in [5, 5.41) is 29.6. The maximum Gasteiger partial charge on any atom is 0.335 e. The molecule has 0 aliphatic rings. The van der Waals surface area contributed by atoms with Crippen molar-refractivity contribution in [1.29, 1.82) is 0 Å². The zero-order valence-electron chi connectivity index (χ0n) is 25.5. The van der Waals surface area contributed by atoms with E-state index in [1.807, 2.05) is 43.3 Å². The average molecular weight is 629 g/mol. The monoisotopic (exact) mass is 628 g/mol. The Labute approximate surface area is 303 Å². The van der Waals surface area contributed by atoms with Crippen LogP contribution in [0.5, 0.6) is 17.2 Å². The van der Waals surface area contributed by atoms with Gasteiger partial charge < -0.3 is 29.2 Å². The van der Waals surface area contributed by atoms with E-state index in [0.29, 0.717) is 36.5 Å². The number of benzene rings is 4. The van der Waals surface area contributed by atoms with Gasteiger partial charge in [-0.2, -0.15) is 0 Å². The summed E-state index contributed by atoms with van der Waals surface area (Å²) in [6.45, 7) is 2.56. The molecule has 2 radical (unpaired) electrons. The molecule has 0 aliphatic heterocycles. The number of ether oxygens (including phenoxy) is 2. The van der Waals surface area contributed by atoms with Crippen LogP contribution in [-0.2, 0) is 17.6 Å². The molecule has 0 spiro atoms. The van der Waals surface area contributed by atoms with Crippen LogP contribution in [0, 0.1) is 0 Å². The first kappa shape index (κ1) is 36.2. The van der Waals surface area contributed by atoms with Crippen LogP contribution in [0.1, 0.15) is 41.3 Å². The molecule has 0 fully saturated rings. The molecule has 0 amide bonds. The van der Waals surface area contributed by atoms with Gasteiger partial charge >= 0.3 is 11.9 Å². The van der Waals surface area contributed by atoms with Crippen molar-refractivity contribution < 1.29 is 38.8 Å². The molecule has 0 atom stereocenters. The van der Waals surface area contributed by atoms with Gasteiger partial charge in [0.1, 0.15) is 28.4 Å². The van der Waals surface area contributed by atoms with E-state index < -0.39 is 17.4 Å². The molecule has 0 bridgehead atoms. The van der Waals surface area contributed by atoms with Gasteiger partial charge in [0.05, 0.1) is 29.5 Å². The summed E-state index contributed by atoms with van der Waals surface area (Å²) in [6.07, 6.45) is 1.06. The van der Waals surface area contributed by atoms with Crippen molar-refractivity contribution in [3.05, 3.63) is 99.7 Å². The number of carbonyl (C=O) groups is 2. The SMILES string of the molecule is CCc1cc(-c2ccccc2)c(O)cc1OCCCOc1ccc2c(=O)c3cc(C(=O)O)ccc3oc2c1CCC(=O)O.[Na].[Na]. The van der Waals surface area contributed by atoms with E-state index in [1.165, 1.54) is 24.3 Å². The standard InChI is InChI=1S/C34H30O9.2Na/c1-2-20-17-25(21-7-4-3-5-8-21)27(35)19-30(20)42-16-6-15-41-28-13-10-24-32(38)26-18-22(34(39)40)9-12-29(26)43-33(24)23(28)11-14-31(36)37;;/h3-5,7-10,12-13,17-19,35H,2,6,11,14-16H2,1H3,(H,36,37)(H,39,40);;. The van der Waals surface area contributed by atoms with E-state index in [1.54, 1.807) is 12.1 Å². The molecule has 5 rings (SSSR count). The summed E-state index contributed by atoms with van der Waals surface area (Å²) < 4.78 is 18.0. The molecular formula is C34H30Na2O9. The van der Waals surface area contributed by atoms with Crippen LogP contribution in [0.25, 0.3) is 33.1 Å². The minimum atomic E-state index is -1.16. The number of phenolic OH excluding ortho intramolecular Hbond substituents is 1. The fraction of sp³-hybridized carbons (Fsp3) is 0.206. The largest absolute Gasteiger partial charge is 0.507 e. The van der Waals surface area contributed by atoms with Crippen LogP contribution < -0.4 is 14.9 Å².